The lowest BCUT2D eigenvalue weighted by atomic mass is 9.97. The van der Waals surface area contributed by atoms with Crippen LogP contribution >= 0.6 is 0 Å². The van der Waals surface area contributed by atoms with Gasteiger partial charge in [-0.05, 0) is 154 Å². The van der Waals surface area contributed by atoms with Gasteiger partial charge in [0.05, 0.1) is 6.61 Å². The zero-order valence-corrected chi connectivity index (χ0v) is 41.4. The van der Waals surface area contributed by atoms with Crippen molar-refractivity contribution in [3.63, 3.8) is 0 Å². The van der Waals surface area contributed by atoms with Crippen LogP contribution in [0.25, 0.3) is 22.3 Å². The Morgan fingerprint density at radius 3 is 0.904 bits per heavy atom. The molecule has 0 amide bonds. The Bertz CT molecular complexity index is 3240. The van der Waals surface area contributed by atoms with Gasteiger partial charge in [-0.25, -0.2) is 0 Å². The molecule has 0 radical (unpaired) electrons. The number of aryl methyl sites for hydroxylation is 1. The number of nitrogens with one attached hydrogen (secondary N) is 1. The van der Waals surface area contributed by atoms with Gasteiger partial charge in [0, 0.05) is 17.5 Å². The molecule has 9 rings (SSSR count). The quantitative estimate of drug-likeness (QED) is 0.0778. The molecule has 5 nitrogen and oxygen atoms in total. The number of hydrogen-bond donors (Lipinski definition) is 1. The minimum absolute atomic E-state index is 0.389. The van der Waals surface area contributed by atoms with E-state index in [9.17, 15) is 0 Å². The summed E-state index contributed by atoms with van der Waals surface area (Å²) in [5.41, 5.74) is 15.4. The van der Waals surface area contributed by atoms with Crippen molar-refractivity contribution in [2.45, 2.75) is 13.8 Å². The standard InChI is InChI=1S/C68H59NO4/c1-3-70-61-36-26-56(27-37-61)65(52-16-8-4-9-17-52)44-47-71-62-38-28-57(29-39-62)66(53-18-10-5-11-19-53)45-48-72-63-40-30-58(31-41-63)67(54-20-12-6-13-21-54)46-49-73-64-42-32-59(33-43-64)68(55-22-14-7-15-23-55)50-69-60-34-24-51(2)25-35-60/h4-46,50,69H,3,47-49H2,1-2H3/b65-44-,66-45-,67-46-,68-50+. The number of rotatable bonds is 21. The molecule has 9 aromatic carbocycles. The second kappa shape index (κ2) is 25.2. The van der Waals surface area contributed by atoms with Crippen molar-refractivity contribution < 1.29 is 18.9 Å². The molecule has 0 heterocycles. The summed E-state index contributed by atoms with van der Waals surface area (Å²) in [5, 5.41) is 3.49. The average molecular weight is 954 g/mol. The van der Waals surface area contributed by atoms with Crippen molar-refractivity contribution >= 4 is 28.0 Å². The molecule has 0 bridgehead atoms. The normalized spacial score (nSPS) is 12.0. The Kier molecular flexibility index (Phi) is 16.9. The largest absolute Gasteiger partial charge is 0.494 e. The first-order valence-electron chi connectivity index (χ1n) is 24.8. The summed E-state index contributed by atoms with van der Waals surface area (Å²) in [4.78, 5) is 0. The molecule has 0 aliphatic heterocycles. The summed E-state index contributed by atoms with van der Waals surface area (Å²) < 4.78 is 24.7. The fourth-order valence-corrected chi connectivity index (χ4v) is 8.57. The van der Waals surface area contributed by atoms with Gasteiger partial charge in [-0.2, -0.15) is 0 Å². The van der Waals surface area contributed by atoms with Gasteiger partial charge in [-0.15, -0.1) is 0 Å². The molecule has 0 aliphatic carbocycles. The van der Waals surface area contributed by atoms with Crippen LogP contribution in [0.2, 0.25) is 0 Å². The summed E-state index contributed by atoms with van der Waals surface area (Å²) in [7, 11) is 0. The summed E-state index contributed by atoms with van der Waals surface area (Å²) in [5.74, 6) is 3.23. The molecule has 0 aromatic heterocycles. The Balaban J connectivity index is 0.853. The molecule has 0 fully saturated rings. The van der Waals surface area contributed by atoms with Gasteiger partial charge in [0.2, 0.25) is 0 Å². The first-order valence-corrected chi connectivity index (χ1v) is 24.8. The maximum absolute atomic E-state index is 6.38. The zero-order chi connectivity index (χ0) is 49.9. The predicted octanol–water partition coefficient (Wildman–Crippen LogP) is 16.4. The molecule has 9 aromatic rings. The van der Waals surface area contributed by atoms with Crippen LogP contribution in [0.15, 0.2) is 267 Å². The highest BCUT2D eigenvalue weighted by molar-refractivity contribution is 5.83. The van der Waals surface area contributed by atoms with Gasteiger partial charge in [-0.3, -0.25) is 0 Å². The highest BCUT2D eigenvalue weighted by atomic mass is 16.5. The van der Waals surface area contributed by atoms with Crippen LogP contribution in [0.3, 0.4) is 0 Å². The van der Waals surface area contributed by atoms with E-state index in [0.29, 0.717) is 26.4 Å². The van der Waals surface area contributed by atoms with Crippen molar-refractivity contribution in [1.29, 1.82) is 0 Å². The Morgan fingerprint density at radius 2 is 0.589 bits per heavy atom. The van der Waals surface area contributed by atoms with Crippen LogP contribution in [-0.4, -0.2) is 26.4 Å². The van der Waals surface area contributed by atoms with E-state index in [1.165, 1.54) is 5.56 Å². The molecular weight excluding hydrogens is 895 g/mol. The molecule has 0 atom stereocenters. The van der Waals surface area contributed by atoms with E-state index in [1.807, 2.05) is 79.7 Å². The minimum atomic E-state index is 0.389. The molecule has 0 saturated heterocycles. The number of hydrogen-bond acceptors (Lipinski definition) is 5. The van der Waals surface area contributed by atoms with Gasteiger partial charge in [-0.1, -0.05) is 188 Å². The fourth-order valence-electron chi connectivity index (χ4n) is 8.57. The van der Waals surface area contributed by atoms with E-state index >= 15 is 0 Å². The fraction of sp³-hybridized carbons (Fsp3) is 0.0882. The van der Waals surface area contributed by atoms with Crippen LogP contribution in [0.4, 0.5) is 5.69 Å². The highest BCUT2D eigenvalue weighted by Crippen LogP contribution is 2.31. The lowest BCUT2D eigenvalue weighted by Gasteiger charge is -2.13. The third kappa shape index (κ3) is 13.6. The second-order valence-electron chi connectivity index (χ2n) is 17.3. The van der Waals surface area contributed by atoms with Gasteiger partial charge in [0.1, 0.15) is 42.8 Å². The van der Waals surface area contributed by atoms with E-state index in [0.717, 1.165) is 95.5 Å². The molecule has 360 valence electrons. The molecule has 0 aliphatic rings. The van der Waals surface area contributed by atoms with Gasteiger partial charge in [0.15, 0.2) is 0 Å². The van der Waals surface area contributed by atoms with Gasteiger partial charge in [0.25, 0.3) is 0 Å². The van der Waals surface area contributed by atoms with E-state index in [4.69, 9.17) is 18.9 Å². The monoisotopic (exact) mass is 953 g/mol. The van der Waals surface area contributed by atoms with E-state index in [-0.39, 0.29) is 0 Å². The molecule has 1 N–H and O–H groups in total. The molecule has 73 heavy (non-hydrogen) atoms. The Hall–Kier alpha value is -9.06. The number of anilines is 1. The van der Waals surface area contributed by atoms with Gasteiger partial charge >= 0.3 is 0 Å². The second-order valence-corrected chi connectivity index (χ2v) is 17.3. The summed E-state index contributed by atoms with van der Waals surface area (Å²) in [6, 6.07) is 83.2. The average Bonchev–Trinajstić information content (AvgIpc) is 3.45. The predicted molar refractivity (Wildman–Crippen MR) is 302 cm³/mol. The van der Waals surface area contributed by atoms with Crippen molar-refractivity contribution in [2.24, 2.45) is 0 Å². The summed E-state index contributed by atoms with van der Waals surface area (Å²) in [6.07, 6.45) is 8.50. The maximum Gasteiger partial charge on any atom is 0.119 e. The topological polar surface area (TPSA) is 49.0 Å². The third-order valence-electron chi connectivity index (χ3n) is 12.4. The van der Waals surface area contributed by atoms with Crippen LogP contribution in [-0.2, 0) is 0 Å². The smallest absolute Gasteiger partial charge is 0.119 e. The first-order chi connectivity index (χ1) is 36.1. The minimum Gasteiger partial charge on any atom is -0.494 e. The van der Waals surface area contributed by atoms with E-state index in [2.05, 4.69) is 207 Å². The Labute approximate surface area is 430 Å². The Morgan fingerprint density at radius 1 is 0.315 bits per heavy atom. The first kappa shape index (κ1) is 48.9. The highest BCUT2D eigenvalue weighted by Gasteiger charge is 2.11. The maximum atomic E-state index is 6.38. The molecule has 0 saturated carbocycles. The van der Waals surface area contributed by atoms with Crippen molar-refractivity contribution in [1.82, 2.24) is 0 Å². The SMILES string of the molecule is CCOc1ccc(/C(=C\COc2ccc(/C(=C\COc3ccc(/C(=C\COc4ccc(/C(=C/Nc5ccc(C)cc5)c5ccccc5)cc4)c4ccccc4)cc3)c3ccccc3)cc2)c2ccccc2)cc1. The molecule has 0 unspecified atom stereocenters. The van der Waals surface area contributed by atoms with Crippen molar-refractivity contribution in [3.05, 3.63) is 317 Å². The summed E-state index contributed by atoms with van der Waals surface area (Å²) in [6.45, 7) is 5.93. The molecule has 0 spiro atoms. The molecule has 5 heteroatoms. The van der Waals surface area contributed by atoms with Crippen LogP contribution in [0, 0.1) is 6.92 Å². The van der Waals surface area contributed by atoms with Crippen molar-refractivity contribution in [2.75, 3.05) is 31.7 Å². The lowest BCUT2D eigenvalue weighted by Crippen LogP contribution is -1.99. The van der Waals surface area contributed by atoms with Crippen LogP contribution in [0.1, 0.15) is 57.0 Å². The van der Waals surface area contributed by atoms with Crippen LogP contribution < -0.4 is 24.3 Å². The molecular formula is C68H59NO4. The van der Waals surface area contributed by atoms with Crippen LogP contribution in [0.5, 0.6) is 23.0 Å². The third-order valence-corrected chi connectivity index (χ3v) is 12.4. The van der Waals surface area contributed by atoms with E-state index < -0.39 is 0 Å². The summed E-state index contributed by atoms with van der Waals surface area (Å²) >= 11 is 0. The zero-order valence-electron chi connectivity index (χ0n) is 41.4. The lowest BCUT2D eigenvalue weighted by molar-refractivity contribution is 0.340. The van der Waals surface area contributed by atoms with Crippen molar-refractivity contribution in [3.8, 4) is 23.0 Å². The number of ether oxygens (including phenoxy) is 4. The van der Waals surface area contributed by atoms with E-state index in [1.54, 1.807) is 0 Å². The number of benzene rings is 9. The van der Waals surface area contributed by atoms with Gasteiger partial charge < -0.3 is 24.3 Å².